The summed E-state index contributed by atoms with van der Waals surface area (Å²) in [7, 11) is 0. The van der Waals surface area contributed by atoms with Gasteiger partial charge in [0, 0.05) is 23.6 Å². The van der Waals surface area contributed by atoms with Crippen molar-refractivity contribution < 1.29 is 14.0 Å². The Bertz CT molecular complexity index is 1180. The van der Waals surface area contributed by atoms with E-state index in [0.29, 0.717) is 23.6 Å². The summed E-state index contributed by atoms with van der Waals surface area (Å²) in [6.45, 7) is 14.6. The molecule has 0 bridgehead atoms. The maximum absolute atomic E-state index is 13.4. The number of anilines is 1. The Morgan fingerprint density at radius 2 is 1.54 bits per heavy atom. The van der Waals surface area contributed by atoms with E-state index >= 15 is 0 Å². The molecule has 0 fully saturated rings. The van der Waals surface area contributed by atoms with E-state index in [4.69, 9.17) is 0 Å². The van der Waals surface area contributed by atoms with Crippen molar-refractivity contribution in [2.75, 3.05) is 18.4 Å². The molecular weight excluding hydrogens is 443 g/mol. The SMILES string of the molecule is CCN(CC(=O)Nc1cc(C(C)(C)C)nn1-c1ccc(F)cc1)C(=O)c1ccc(C(C)(C)C)cc1. The highest BCUT2D eigenvalue weighted by molar-refractivity contribution is 5.99. The van der Waals surface area contributed by atoms with E-state index in [-0.39, 0.29) is 35.0 Å². The maximum Gasteiger partial charge on any atom is 0.254 e. The van der Waals surface area contributed by atoms with Gasteiger partial charge >= 0.3 is 0 Å². The molecule has 0 saturated carbocycles. The lowest BCUT2D eigenvalue weighted by Crippen LogP contribution is -2.38. The van der Waals surface area contributed by atoms with Gasteiger partial charge in [-0.2, -0.15) is 5.10 Å². The highest BCUT2D eigenvalue weighted by Gasteiger charge is 2.23. The predicted molar refractivity (Wildman–Crippen MR) is 138 cm³/mol. The van der Waals surface area contributed by atoms with E-state index in [2.05, 4.69) is 31.2 Å². The highest BCUT2D eigenvalue weighted by atomic mass is 19.1. The Balaban J connectivity index is 1.80. The summed E-state index contributed by atoms with van der Waals surface area (Å²) in [5.74, 6) is -0.430. The molecule has 3 aromatic rings. The first-order valence-electron chi connectivity index (χ1n) is 11.9. The van der Waals surface area contributed by atoms with Gasteiger partial charge in [-0.15, -0.1) is 0 Å². The van der Waals surface area contributed by atoms with Crippen LogP contribution in [0.4, 0.5) is 10.2 Å². The topological polar surface area (TPSA) is 67.2 Å². The lowest BCUT2D eigenvalue weighted by atomic mass is 9.86. The van der Waals surface area contributed by atoms with E-state index < -0.39 is 0 Å². The van der Waals surface area contributed by atoms with Crippen LogP contribution in [0.2, 0.25) is 0 Å². The normalized spacial score (nSPS) is 11.9. The van der Waals surface area contributed by atoms with Crippen molar-refractivity contribution in [1.29, 1.82) is 0 Å². The monoisotopic (exact) mass is 478 g/mol. The molecule has 1 aromatic heterocycles. The fourth-order valence-electron chi connectivity index (χ4n) is 3.59. The third-order valence-corrected chi connectivity index (χ3v) is 5.82. The standard InChI is InChI=1S/C28H35FN4O2/c1-8-32(26(35)19-9-11-20(12-10-19)27(2,3)4)18-25(34)30-24-17-23(28(5,6)7)31-33(24)22-15-13-21(29)14-16-22/h9-17H,8,18H2,1-7H3,(H,30,34). The number of hydrogen-bond acceptors (Lipinski definition) is 3. The summed E-state index contributed by atoms with van der Waals surface area (Å²) in [4.78, 5) is 27.6. The average Bonchev–Trinajstić information content (AvgIpc) is 3.21. The predicted octanol–water partition coefficient (Wildman–Crippen LogP) is 5.71. The number of hydrogen-bond donors (Lipinski definition) is 1. The molecular formula is C28H35FN4O2. The number of amides is 2. The smallest absolute Gasteiger partial charge is 0.254 e. The summed E-state index contributed by atoms with van der Waals surface area (Å²) in [5, 5.41) is 7.53. The zero-order valence-electron chi connectivity index (χ0n) is 21.6. The number of carbonyl (C=O) groups excluding carboxylic acids is 2. The molecule has 0 aliphatic rings. The third kappa shape index (κ3) is 6.35. The number of halogens is 1. The Kier molecular flexibility index (Phi) is 7.48. The second-order valence-corrected chi connectivity index (χ2v) is 10.7. The summed E-state index contributed by atoms with van der Waals surface area (Å²) in [6, 6.07) is 15.2. The van der Waals surface area contributed by atoms with Gasteiger partial charge in [-0.1, -0.05) is 53.7 Å². The molecule has 0 atom stereocenters. The molecule has 0 saturated heterocycles. The fourth-order valence-corrected chi connectivity index (χ4v) is 3.59. The lowest BCUT2D eigenvalue weighted by Gasteiger charge is -2.22. The molecule has 6 nitrogen and oxygen atoms in total. The van der Waals surface area contributed by atoms with Crippen LogP contribution in [0, 0.1) is 5.82 Å². The van der Waals surface area contributed by atoms with Gasteiger partial charge < -0.3 is 10.2 Å². The molecule has 2 amide bonds. The van der Waals surface area contributed by atoms with Crippen molar-refractivity contribution in [3.05, 3.63) is 77.2 Å². The number of aromatic nitrogens is 2. The molecule has 2 aromatic carbocycles. The van der Waals surface area contributed by atoms with Crippen LogP contribution >= 0.6 is 0 Å². The molecule has 186 valence electrons. The number of benzene rings is 2. The summed E-state index contributed by atoms with van der Waals surface area (Å²) >= 11 is 0. The van der Waals surface area contributed by atoms with Crippen LogP contribution in [0.25, 0.3) is 5.69 Å². The first-order valence-corrected chi connectivity index (χ1v) is 11.9. The quantitative estimate of drug-likeness (QED) is 0.494. The van der Waals surface area contributed by atoms with Crippen LogP contribution < -0.4 is 5.32 Å². The molecule has 0 aliphatic carbocycles. The number of likely N-dealkylation sites (N-methyl/N-ethyl adjacent to an activating group) is 1. The maximum atomic E-state index is 13.4. The van der Waals surface area contributed by atoms with Gasteiger partial charge in [0.25, 0.3) is 5.91 Å². The summed E-state index contributed by atoms with van der Waals surface area (Å²) in [6.07, 6.45) is 0. The summed E-state index contributed by atoms with van der Waals surface area (Å²) < 4.78 is 15.0. The first kappa shape index (κ1) is 26.1. The average molecular weight is 479 g/mol. The minimum absolute atomic E-state index is 0.00864. The van der Waals surface area contributed by atoms with Crippen LogP contribution in [0.3, 0.4) is 0 Å². The fraction of sp³-hybridized carbons (Fsp3) is 0.393. The number of carbonyl (C=O) groups is 2. The minimum Gasteiger partial charge on any atom is -0.330 e. The third-order valence-electron chi connectivity index (χ3n) is 5.82. The highest BCUT2D eigenvalue weighted by Crippen LogP contribution is 2.27. The largest absolute Gasteiger partial charge is 0.330 e. The van der Waals surface area contributed by atoms with Crippen molar-refractivity contribution in [1.82, 2.24) is 14.7 Å². The Labute approximate surface area is 207 Å². The van der Waals surface area contributed by atoms with Gasteiger partial charge in [-0.3, -0.25) is 9.59 Å². The molecule has 0 spiro atoms. The van der Waals surface area contributed by atoms with Crippen LogP contribution in [0.5, 0.6) is 0 Å². The second-order valence-electron chi connectivity index (χ2n) is 10.7. The van der Waals surface area contributed by atoms with Crippen LogP contribution in [0.1, 0.15) is 70.1 Å². The van der Waals surface area contributed by atoms with Gasteiger partial charge in [-0.25, -0.2) is 9.07 Å². The van der Waals surface area contributed by atoms with Crippen molar-refractivity contribution in [3.63, 3.8) is 0 Å². The van der Waals surface area contributed by atoms with Gasteiger partial charge in [0.05, 0.1) is 11.4 Å². The molecule has 7 heteroatoms. The Hall–Kier alpha value is -3.48. The first-order chi connectivity index (χ1) is 16.3. The van der Waals surface area contributed by atoms with Crippen LogP contribution in [-0.4, -0.2) is 39.6 Å². The zero-order valence-corrected chi connectivity index (χ0v) is 21.6. The molecule has 3 rings (SSSR count). The van der Waals surface area contributed by atoms with Crippen LogP contribution in [-0.2, 0) is 15.6 Å². The summed E-state index contributed by atoms with van der Waals surface area (Å²) in [5.41, 5.74) is 2.82. The van der Waals surface area contributed by atoms with Gasteiger partial charge in [0.1, 0.15) is 18.2 Å². The van der Waals surface area contributed by atoms with E-state index in [1.54, 1.807) is 16.8 Å². The Morgan fingerprint density at radius 1 is 0.943 bits per heavy atom. The number of nitrogens with one attached hydrogen (secondary N) is 1. The van der Waals surface area contributed by atoms with Crippen molar-refractivity contribution in [2.24, 2.45) is 0 Å². The van der Waals surface area contributed by atoms with Gasteiger partial charge in [0.2, 0.25) is 5.91 Å². The molecule has 0 unspecified atom stereocenters. The van der Waals surface area contributed by atoms with Gasteiger partial charge in [0.15, 0.2) is 0 Å². The zero-order chi connectivity index (χ0) is 26.0. The number of rotatable bonds is 6. The molecule has 0 aliphatic heterocycles. The van der Waals surface area contributed by atoms with Crippen LogP contribution in [0.15, 0.2) is 54.6 Å². The van der Waals surface area contributed by atoms with E-state index in [9.17, 15) is 14.0 Å². The molecule has 0 radical (unpaired) electrons. The lowest BCUT2D eigenvalue weighted by molar-refractivity contribution is -0.116. The van der Waals surface area contributed by atoms with E-state index in [0.717, 1.165) is 11.3 Å². The van der Waals surface area contributed by atoms with E-state index in [1.165, 1.54) is 17.0 Å². The molecule has 1 N–H and O–H groups in total. The van der Waals surface area contributed by atoms with Gasteiger partial charge in [-0.05, 0) is 54.3 Å². The molecule has 35 heavy (non-hydrogen) atoms. The van der Waals surface area contributed by atoms with Crippen molar-refractivity contribution >= 4 is 17.6 Å². The Morgan fingerprint density at radius 3 is 2.06 bits per heavy atom. The van der Waals surface area contributed by atoms with E-state index in [1.807, 2.05) is 58.0 Å². The van der Waals surface area contributed by atoms with Crippen molar-refractivity contribution in [2.45, 2.75) is 59.3 Å². The molecule has 1 heterocycles. The minimum atomic E-state index is -0.352. The van der Waals surface area contributed by atoms with Crippen molar-refractivity contribution in [3.8, 4) is 5.69 Å². The number of nitrogens with zero attached hydrogens (tertiary/aromatic N) is 3. The second kappa shape index (κ2) is 10.0.